The van der Waals surface area contributed by atoms with Gasteiger partial charge >= 0.3 is 0 Å². The molecule has 0 aliphatic carbocycles. The maximum absolute atomic E-state index is 10.9. The number of hydrogen-bond acceptors (Lipinski definition) is 5. The summed E-state index contributed by atoms with van der Waals surface area (Å²) in [6.45, 7) is 13.4. The highest BCUT2D eigenvalue weighted by Gasteiger charge is 2.39. The highest BCUT2D eigenvalue weighted by atomic mass is 28.3. The van der Waals surface area contributed by atoms with Gasteiger partial charge in [-0.15, -0.1) is 0 Å². The van der Waals surface area contributed by atoms with E-state index in [1.54, 1.807) is 0 Å². The molecule has 10 rings (SSSR count). The van der Waals surface area contributed by atoms with E-state index >= 15 is 0 Å². The van der Waals surface area contributed by atoms with Crippen molar-refractivity contribution in [3.8, 4) is 45.9 Å². The van der Waals surface area contributed by atoms with E-state index in [4.69, 9.17) is 21.5 Å². The molecule has 0 radical (unpaired) electrons. The lowest BCUT2D eigenvalue weighted by molar-refractivity contribution is 1.07. The maximum atomic E-state index is 10.9. The van der Waals surface area contributed by atoms with Gasteiger partial charge in [0.2, 0.25) is 5.69 Å². The highest BCUT2D eigenvalue weighted by Crippen LogP contribution is 2.43. The largest absolute Gasteiger partial charge is 0.311 e. The fourth-order valence-electron chi connectivity index (χ4n) is 8.37. The van der Waals surface area contributed by atoms with Crippen molar-refractivity contribution in [1.29, 1.82) is 5.26 Å². The van der Waals surface area contributed by atoms with Crippen molar-refractivity contribution in [3.63, 3.8) is 0 Å². The van der Waals surface area contributed by atoms with Crippen molar-refractivity contribution < 1.29 is 0 Å². The second kappa shape index (κ2) is 13.3. The number of hydrogen-bond donors (Lipinski definition) is 0. The zero-order valence-electron chi connectivity index (χ0n) is 31.2. The molecule has 1 aliphatic rings. The fourth-order valence-corrected chi connectivity index (χ4v) is 11.3. The molecule has 0 spiro atoms. The number of anilines is 3. The summed E-state index contributed by atoms with van der Waals surface area (Å²) in [4.78, 5) is 21.1. The van der Waals surface area contributed by atoms with Gasteiger partial charge < -0.3 is 9.47 Å². The third kappa shape index (κ3) is 5.43. The summed E-state index contributed by atoms with van der Waals surface area (Å²) in [5, 5.41) is 15.8. The molecule has 0 N–H and O–H groups in total. The zero-order valence-corrected chi connectivity index (χ0v) is 32.2. The molecule has 9 aromatic rings. The predicted octanol–water partition coefficient (Wildman–Crippen LogP) is 11.0. The van der Waals surface area contributed by atoms with Gasteiger partial charge in [-0.3, -0.25) is 0 Å². The van der Waals surface area contributed by atoms with Crippen LogP contribution in [0.5, 0.6) is 0 Å². The molecule has 0 saturated heterocycles. The van der Waals surface area contributed by atoms with E-state index in [-0.39, 0.29) is 11.5 Å². The highest BCUT2D eigenvalue weighted by molar-refractivity contribution is 7.02. The number of benzene rings is 7. The smallest absolute Gasteiger partial charge is 0.201 e. The Hall–Kier alpha value is -7.65. The number of fused-ring (bicyclic) bond motifs is 5. The van der Waals surface area contributed by atoms with Crippen LogP contribution in [0.1, 0.15) is 5.56 Å². The number of rotatable bonds is 5. The van der Waals surface area contributed by atoms with Crippen molar-refractivity contribution in [1.82, 2.24) is 19.5 Å². The Bertz CT molecular complexity index is 3030. The third-order valence-electron chi connectivity index (χ3n) is 11.1. The average Bonchev–Trinajstić information content (AvgIpc) is 3.59. The SMILES string of the molecule is [C-]#[N+]c1cc(-n2c3ccccc3c3cc4c(cc32)N(c2ccccc2)c2ccccc2[Si]4(C)C)cc(C#N)c1-c1nc(-c2ccccc2)nc(-c2ccccc2)n1. The molecule has 57 heavy (non-hydrogen) atoms. The van der Waals surface area contributed by atoms with Gasteiger partial charge in [0.25, 0.3) is 0 Å². The molecule has 268 valence electrons. The minimum Gasteiger partial charge on any atom is -0.311 e. The first-order valence-electron chi connectivity index (χ1n) is 18.8. The summed E-state index contributed by atoms with van der Waals surface area (Å²) in [6.07, 6.45) is 0. The summed E-state index contributed by atoms with van der Waals surface area (Å²) >= 11 is 0. The quantitative estimate of drug-likeness (QED) is 0.129. The third-order valence-corrected chi connectivity index (χ3v) is 14.6. The molecule has 2 aromatic heterocycles. The first-order chi connectivity index (χ1) is 27.9. The van der Waals surface area contributed by atoms with Crippen LogP contribution in [0.15, 0.2) is 164 Å². The van der Waals surface area contributed by atoms with Crippen LogP contribution in [0, 0.1) is 17.9 Å². The Labute approximate surface area is 331 Å². The molecule has 0 fully saturated rings. The molecule has 0 atom stereocenters. The van der Waals surface area contributed by atoms with Gasteiger partial charge in [-0.25, -0.2) is 19.8 Å². The second-order valence-corrected chi connectivity index (χ2v) is 19.0. The van der Waals surface area contributed by atoms with E-state index in [1.165, 1.54) is 16.1 Å². The van der Waals surface area contributed by atoms with Crippen molar-refractivity contribution >= 4 is 63.0 Å². The maximum Gasteiger partial charge on any atom is 0.201 e. The molecule has 3 heterocycles. The topological polar surface area (TPSA) is 75.0 Å². The summed E-state index contributed by atoms with van der Waals surface area (Å²) < 4.78 is 2.20. The second-order valence-electron chi connectivity index (χ2n) is 14.7. The Morgan fingerprint density at radius 1 is 0.561 bits per heavy atom. The van der Waals surface area contributed by atoms with Gasteiger partial charge in [0, 0.05) is 50.2 Å². The minimum atomic E-state index is -2.17. The zero-order chi connectivity index (χ0) is 38.7. The van der Waals surface area contributed by atoms with Crippen LogP contribution in [0.25, 0.3) is 66.5 Å². The number of nitriles is 1. The monoisotopic (exact) mass is 747 g/mol. The van der Waals surface area contributed by atoms with Crippen molar-refractivity contribution in [3.05, 3.63) is 181 Å². The van der Waals surface area contributed by atoms with Gasteiger partial charge in [0.1, 0.15) is 8.07 Å². The van der Waals surface area contributed by atoms with Crippen LogP contribution in [0.2, 0.25) is 13.1 Å². The van der Waals surface area contributed by atoms with E-state index < -0.39 is 8.07 Å². The van der Waals surface area contributed by atoms with Crippen molar-refractivity contribution in [2.24, 2.45) is 0 Å². The first kappa shape index (κ1) is 33.9. The van der Waals surface area contributed by atoms with E-state index in [1.807, 2.05) is 84.9 Å². The van der Waals surface area contributed by atoms with Gasteiger partial charge in [0.05, 0.1) is 29.2 Å². The molecule has 8 heteroatoms. The van der Waals surface area contributed by atoms with Gasteiger partial charge in [-0.05, 0) is 52.8 Å². The van der Waals surface area contributed by atoms with Crippen LogP contribution in [-0.2, 0) is 0 Å². The van der Waals surface area contributed by atoms with E-state index in [0.29, 0.717) is 28.5 Å². The number of aromatic nitrogens is 4. The fraction of sp³-hybridized carbons (Fsp3) is 0.0408. The Morgan fingerprint density at radius 3 is 1.82 bits per heavy atom. The van der Waals surface area contributed by atoms with Crippen molar-refractivity contribution in [2.45, 2.75) is 13.1 Å². The normalized spacial score (nSPS) is 12.8. The van der Waals surface area contributed by atoms with Crippen LogP contribution < -0.4 is 15.3 Å². The Morgan fingerprint density at radius 2 is 1.16 bits per heavy atom. The van der Waals surface area contributed by atoms with Gasteiger partial charge in [0.15, 0.2) is 17.5 Å². The van der Waals surface area contributed by atoms with Crippen LogP contribution in [-0.4, -0.2) is 27.6 Å². The predicted molar refractivity (Wildman–Crippen MR) is 233 cm³/mol. The molecule has 0 bridgehead atoms. The van der Waals surface area contributed by atoms with Gasteiger partial charge in [-0.2, -0.15) is 5.26 Å². The Balaban J connectivity index is 1.23. The number of nitrogens with zero attached hydrogens (tertiary/aromatic N) is 7. The van der Waals surface area contributed by atoms with Crippen molar-refractivity contribution in [2.75, 3.05) is 4.90 Å². The summed E-state index contributed by atoms with van der Waals surface area (Å²) in [5.41, 5.74) is 8.71. The lowest BCUT2D eigenvalue weighted by Crippen LogP contribution is -2.58. The molecule has 0 unspecified atom stereocenters. The van der Waals surface area contributed by atoms with Crippen LogP contribution >= 0.6 is 0 Å². The standard InChI is InChI=1S/C49H33N7Si/c1-51-39-28-36(27-34(31-50)46(39)49-53-47(32-17-7-4-8-18-32)52-48(54-49)33-19-9-5-10-20-33)56-40-24-14-13-23-37(40)38-29-45-43(30-42(38)56)55(35-21-11-6-12-22-35)41-25-15-16-26-44(41)57(45,2)3/h4-30H,2-3H3. The molecular formula is C49H33N7Si. The summed E-state index contributed by atoms with van der Waals surface area (Å²) in [5.74, 6) is 1.20. The number of para-hydroxylation sites is 3. The van der Waals surface area contributed by atoms with Gasteiger partial charge in [-0.1, -0.05) is 134 Å². The summed E-state index contributed by atoms with van der Waals surface area (Å²) in [6, 6.07) is 58.0. The summed E-state index contributed by atoms with van der Waals surface area (Å²) in [7, 11) is -2.17. The van der Waals surface area contributed by atoms with Crippen LogP contribution in [0.3, 0.4) is 0 Å². The average molecular weight is 748 g/mol. The molecule has 7 nitrogen and oxygen atoms in total. The molecule has 7 aromatic carbocycles. The van der Waals surface area contributed by atoms with E-state index in [2.05, 4.69) is 112 Å². The van der Waals surface area contributed by atoms with E-state index in [9.17, 15) is 5.26 Å². The lowest BCUT2D eigenvalue weighted by atomic mass is 10.0. The lowest BCUT2D eigenvalue weighted by Gasteiger charge is -2.41. The molecule has 1 aliphatic heterocycles. The molecule has 0 amide bonds. The molecular weight excluding hydrogens is 715 g/mol. The van der Waals surface area contributed by atoms with Crippen LogP contribution in [0.4, 0.5) is 22.7 Å². The Kier molecular flexibility index (Phi) is 7.89. The molecule has 0 saturated carbocycles. The van der Waals surface area contributed by atoms with E-state index in [0.717, 1.165) is 44.3 Å². The first-order valence-corrected chi connectivity index (χ1v) is 21.8. The minimum absolute atomic E-state index is 0.275.